The van der Waals surface area contributed by atoms with E-state index in [9.17, 15) is 22.2 Å². The highest BCUT2D eigenvalue weighted by atomic mass is 35.5. The molecule has 0 bridgehead atoms. The monoisotopic (exact) mass is 283 g/mol. The number of alkyl halides is 3. The molecule has 0 radical (unpaired) electrons. The minimum absolute atomic E-state index is 0.0861. The van der Waals surface area contributed by atoms with Crippen LogP contribution in [0.25, 0.3) is 0 Å². The molecule has 1 aromatic carbocycles. The first-order valence-corrected chi connectivity index (χ1v) is 5.27. The van der Waals surface area contributed by atoms with Crippen molar-refractivity contribution < 1.29 is 22.2 Å². The summed E-state index contributed by atoms with van der Waals surface area (Å²) in [6.45, 7) is 0. The van der Waals surface area contributed by atoms with Crippen LogP contribution in [-0.4, -0.2) is 14.4 Å². The summed E-state index contributed by atoms with van der Waals surface area (Å²) in [6, 6.07) is 4.00. The zero-order valence-electron chi connectivity index (χ0n) is 8.05. The van der Waals surface area contributed by atoms with Gasteiger partial charge in [0.15, 0.2) is 4.32 Å². The molecule has 0 fully saturated rings. The summed E-state index contributed by atoms with van der Waals surface area (Å²) in [6.07, 6.45) is -4.50. The number of anilines is 1. The molecule has 8 heteroatoms. The zero-order valence-corrected chi connectivity index (χ0v) is 9.62. The van der Waals surface area contributed by atoms with Crippen LogP contribution in [0.2, 0.25) is 0 Å². The second-order valence-electron chi connectivity index (χ2n) is 2.89. The van der Waals surface area contributed by atoms with Crippen LogP contribution in [0.4, 0.5) is 18.9 Å². The lowest BCUT2D eigenvalue weighted by Gasteiger charge is -2.08. The Hall–Kier alpha value is -1.34. The largest absolute Gasteiger partial charge is 0.416 e. The Kier molecular flexibility index (Phi) is 4.30. The fraction of sp³-hybridized carbons (Fsp3) is 0.111. The Labute approximate surface area is 103 Å². The highest BCUT2D eigenvalue weighted by Crippen LogP contribution is 2.30. The molecule has 1 rings (SSSR count). The molecular weight excluding hydrogens is 279 g/mol. The summed E-state index contributed by atoms with van der Waals surface area (Å²) in [5, 5.41) is 2.08. The number of rotatable bonds is 2. The Morgan fingerprint density at radius 1 is 1.35 bits per heavy atom. The minimum atomic E-state index is -4.50. The van der Waals surface area contributed by atoms with Crippen LogP contribution in [0.5, 0.6) is 0 Å². The van der Waals surface area contributed by atoms with E-state index in [2.05, 4.69) is 5.32 Å². The van der Waals surface area contributed by atoms with Crippen molar-refractivity contribution in [3.05, 3.63) is 29.8 Å². The molecule has 0 atom stereocenters. The van der Waals surface area contributed by atoms with Gasteiger partial charge in [-0.05, 0) is 18.2 Å². The number of benzene rings is 1. The Bertz CT molecular complexity index is 497. The van der Waals surface area contributed by atoms with Crippen LogP contribution in [0.3, 0.4) is 0 Å². The number of hydrogen-bond acceptors (Lipinski definition) is 2. The first-order chi connectivity index (χ1) is 7.84. The maximum atomic E-state index is 12.3. The molecule has 0 aliphatic heterocycles. The third-order valence-electron chi connectivity index (χ3n) is 1.70. The van der Waals surface area contributed by atoms with E-state index < -0.39 is 22.0 Å². The zero-order chi connectivity index (χ0) is 13.1. The van der Waals surface area contributed by atoms with Crippen LogP contribution < -0.4 is 5.32 Å². The molecule has 17 heavy (non-hydrogen) atoms. The summed E-state index contributed by atoms with van der Waals surface area (Å²) >= 11 is 4.99. The molecule has 0 saturated carbocycles. The van der Waals surface area contributed by atoms with Crippen molar-refractivity contribution in [2.45, 2.75) is 6.18 Å². The molecule has 0 spiro atoms. The van der Waals surface area contributed by atoms with E-state index in [4.69, 9.17) is 11.6 Å². The van der Waals surface area contributed by atoms with Gasteiger partial charge in [-0.1, -0.05) is 17.7 Å². The molecule has 1 amide bonds. The Morgan fingerprint density at radius 2 is 2.00 bits per heavy atom. The molecule has 0 aromatic heterocycles. The van der Waals surface area contributed by atoms with Gasteiger partial charge in [0.25, 0.3) is 5.91 Å². The molecule has 0 aliphatic carbocycles. The minimum Gasteiger partial charge on any atom is -0.320 e. The van der Waals surface area contributed by atoms with Gasteiger partial charge in [-0.2, -0.15) is 13.2 Å². The van der Waals surface area contributed by atoms with Crippen molar-refractivity contribution in [2.24, 2.45) is 0 Å². The van der Waals surface area contributed by atoms with Gasteiger partial charge >= 0.3 is 6.18 Å². The van der Waals surface area contributed by atoms with E-state index >= 15 is 0 Å². The molecule has 0 saturated heterocycles. The number of amides is 1. The SMILES string of the molecule is O=S=C(Cl)C(=O)Nc1cccc(C(F)(F)F)c1. The smallest absolute Gasteiger partial charge is 0.320 e. The fourth-order valence-corrected chi connectivity index (χ4v) is 1.17. The van der Waals surface area contributed by atoms with Crippen molar-refractivity contribution in [1.82, 2.24) is 0 Å². The number of hydrogen-bond donors (Lipinski definition) is 1. The van der Waals surface area contributed by atoms with Crippen molar-refractivity contribution >= 4 is 38.8 Å². The topological polar surface area (TPSA) is 46.2 Å². The third kappa shape index (κ3) is 3.86. The van der Waals surface area contributed by atoms with Crippen molar-refractivity contribution in [2.75, 3.05) is 5.32 Å². The van der Waals surface area contributed by atoms with Crippen LogP contribution in [0.1, 0.15) is 5.56 Å². The number of carbonyl (C=O) groups excluding carboxylic acids is 1. The molecule has 92 valence electrons. The van der Waals surface area contributed by atoms with Crippen LogP contribution in [0.15, 0.2) is 24.3 Å². The van der Waals surface area contributed by atoms with Gasteiger partial charge < -0.3 is 5.32 Å². The average molecular weight is 284 g/mol. The summed E-state index contributed by atoms with van der Waals surface area (Å²) < 4.78 is 46.6. The lowest BCUT2D eigenvalue weighted by Crippen LogP contribution is -2.18. The third-order valence-corrected chi connectivity index (χ3v) is 2.39. The second-order valence-corrected chi connectivity index (χ2v) is 4.07. The Balaban J connectivity index is 2.94. The van der Waals surface area contributed by atoms with Gasteiger partial charge in [-0.25, -0.2) is 4.21 Å². The molecule has 0 heterocycles. The molecule has 0 aliphatic rings. The van der Waals surface area contributed by atoms with E-state index in [-0.39, 0.29) is 16.9 Å². The molecule has 1 N–H and O–H groups in total. The van der Waals surface area contributed by atoms with Crippen LogP contribution >= 0.6 is 11.6 Å². The molecule has 0 unspecified atom stereocenters. The number of carbonyl (C=O) groups is 1. The van der Waals surface area contributed by atoms with Gasteiger partial charge in [0.05, 0.1) is 5.56 Å². The van der Waals surface area contributed by atoms with Gasteiger partial charge in [0.2, 0.25) is 0 Å². The van der Waals surface area contributed by atoms with E-state index in [1.54, 1.807) is 0 Å². The average Bonchev–Trinajstić information content (AvgIpc) is 2.27. The summed E-state index contributed by atoms with van der Waals surface area (Å²) in [7, 11) is 0. The maximum absolute atomic E-state index is 12.3. The molecule has 1 aromatic rings. The Morgan fingerprint density at radius 3 is 2.53 bits per heavy atom. The van der Waals surface area contributed by atoms with Gasteiger partial charge in [-0.15, -0.1) is 0 Å². The normalized spacial score (nSPS) is 10.8. The quantitative estimate of drug-likeness (QED) is 0.668. The summed E-state index contributed by atoms with van der Waals surface area (Å²) in [5.74, 6) is -0.939. The van der Waals surface area contributed by atoms with Crippen LogP contribution in [-0.2, 0) is 22.2 Å². The highest BCUT2D eigenvalue weighted by molar-refractivity contribution is 7.72. The van der Waals surface area contributed by atoms with Gasteiger partial charge in [-0.3, -0.25) is 4.79 Å². The standard InChI is InChI=1S/C9H5ClF3NO2S/c10-7(17-16)8(15)14-6-3-1-2-5(4-6)9(11,12)13/h1-4H,(H,14,15). The number of nitrogens with one attached hydrogen (secondary N) is 1. The second kappa shape index (κ2) is 5.33. The fourth-order valence-electron chi connectivity index (χ4n) is 0.991. The van der Waals surface area contributed by atoms with E-state index in [0.29, 0.717) is 0 Å². The molecule has 3 nitrogen and oxygen atoms in total. The number of halogens is 4. The van der Waals surface area contributed by atoms with E-state index in [1.165, 1.54) is 6.07 Å². The van der Waals surface area contributed by atoms with E-state index in [0.717, 1.165) is 18.2 Å². The van der Waals surface area contributed by atoms with Crippen molar-refractivity contribution in [3.63, 3.8) is 0 Å². The van der Waals surface area contributed by atoms with Gasteiger partial charge in [0, 0.05) is 5.69 Å². The highest BCUT2D eigenvalue weighted by Gasteiger charge is 2.30. The first-order valence-electron chi connectivity index (χ1n) is 4.15. The van der Waals surface area contributed by atoms with E-state index in [1.807, 2.05) is 0 Å². The predicted molar refractivity (Wildman–Crippen MR) is 59.1 cm³/mol. The lowest BCUT2D eigenvalue weighted by molar-refractivity contribution is -0.137. The molecular formula is C9H5ClF3NO2S. The summed E-state index contributed by atoms with van der Waals surface area (Å²) in [5.41, 5.74) is -0.988. The summed E-state index contributed by atoms with van der Waals surface area (Å²) in [4.78, 5) is 11.1. The van der Waals surface area contributed by atoms with Crippen molar-refractivity contribution in [3.8, 4) is 0 Å². The predicted octanol–water partition coefficient (Wildman–Crippen LogP) is 2.23. The van der Waals surface area contributed by atoms with Crippen molar-refractivity contribution in [1.29, 1.82) is 0 Å². The maximum Gasteiger partial charge on any atom is 0.416 e. The van der Waals surface area contributed by atoms with Crippen LogP contribution in [0, 0.1) is 0 Å². The lowest BCUT2D eigenvalue weighted by atomic mass is 10.2. The first kappa shape index (κ1) is 13.7. The van der Waals surface area contributed by atoms with Gasteiger partial charge in [0.1, 0.15) is 11.3 Å².